The van der Waals surface area contributed by atoms with E-state index in [-0.39, 0.29) is 32.1 Å². The van der Waals surface area contributed by atoms with Crippen molar-refractivity contribution in [1.82, 2.24) is 0 Å². The molecule has 0 spiro atoms. The normalized spacial score (nSPS) is 10.8. The molecule has 0 heterocycles. The van der Waals surface area contributed by atoms with Crippen LogP contribution in [0.1, 0.15) is 177 Å². The zero-order valence-corrected chi connectivity index (χ0v) is 35.4. The van der Waals surface area contributed by atoms with Crippen LogP contribution < -0.4 is 0 Å². The first-order valence-electron chi connectivity index (χ1n) is 17.0. The Balaban J connectivity index is -0.000000153. The molecule has 0 aromatic heterocycles. The third-order valence-corrected chi connectivity index (χ3v) is 6.76. The molecule has 0 aromatic rings. The van der Waals surface area contributed by atoms with Crippen molar-refractivity contribution in [3.8, 4) is 0 Å². The summed E-state index contributed by atoms with van der Waals surface area (Å²) < 4.78 is 0. The summed E-state index contributed by atoms with van der Waals surface area (Å²) in [5.74, 6) is -0.519. The predicted molar refractivity (Wildman–Crippen MR) is 188 cm³/mol. The average molecular weight is 831 g/mol. The quantitative estimate of drug-likeness (QED) is 0.0589. The Morgan fingerprint density at radius 3 is 0.932 bits per heavy atom. The van der Waals surface area contributed by atoms with Gasteiger partial charge in [-0.05, 0) is 49.9 Å². The fourth-order valence-corrected chi connectivity index (χ4v) is 3.97. The average Bonchev–Trinajstić information content (AvgIpc) is 2.88. The van der Waals surface area contributed by atoms with Crippen LogP contribution in [0, 0.1) is 23.7 Å². The first kappa shape index (κ1) is 52.3. The van der Waals surface area contributed by atoms with Gasteiger partial charge in [-0.25, -0.2) is 0 Å². The van der Waals surface area contributed by atoms with E-state index in [9.17, 15) is 19.2 Å². The van der Waals surface area contributed by atoms with Gasteiger partial charge in [-0.1, -0.05) is 126 Å². The van der Waals surface area contributed by atoms with Gasteiger partial charge in [-0.15, -0.1) is 0 Å². The van der Waals surface area contributed by atoms with Gasteiger partial charge in [0.1, 0.15) is 0 Å². The number of carbonyl (C=O) groups is 4. The van der Waals surface area contributed by atoms with Crippen LogP contribution in [0.4, 0.5) is 0 Å². The molecule has 44 heavy (non-hydrogen) atoms. The third-order valence-electron chi connectivity index (χ3n) is 6.76. The minimum atomic E-state index is -0.672. The van der Waals surface area contributed by atoms with E-state index in [1.54, 1.807) is 0 Å². The molecule has 0 aliphatic carbocycles. The Bertz CT molecular complexity index is 584. The Morgan fingerprint density at radius 2 is 0.750 bits per heavy atom. The number of carboxylic acids is 4. The maximum absolute atomic E-state index is 10.4. The standard InChI is InChI=1S/3C9H18O2.C8H16O2.Bi.3H/c3*1-8(2)6-4-3-5-7-9(10)11;1-3-5-6-7(4-2)8(9)10;;;;/h3*8H,3-7H2,1-2H3,(H,10,11);7H,3-6H2,1-2H3,(H,9,10);;;;. The maximum atomic E-state index is 10.4. The van der Waals surface area contributed by atoms with Crippen LogP contribution in [-0.2, 0) is 19.2 Å². The number of aliphatic carboxylic acids is 4. The molecule has 0 aliphatic rings. The molecule has 0 fully saturated rings. The predicted octanol–water partition coefficient (Wildman–Crippen LogP) is 9.14. The van der Waals surface area contributed by atoms with Crippen molar-refractivity contribution in [3.63, 3.8) is 0 Å². The van der Waals surface area contributed by atoms with E-state index < -0.39 is 23.9 Å². The molecule has 9 heteroatoms. The van der Waals surface area contributed by atoms with Gasteiger partial charge in [0, 0.05) is 19.3 Å². The minimum absolute atomic E-state index is 0. The van der Waals surface area contributed by atoms with E-state index in [0.29, 0.717) is 19.3 Å². The molecule has 266 valence electrons. The summed E-state index contributed by atoms with van der Waals surface area (Å²) >= 11 is 0. The molecule has 1 unspecified atom stereocenters. The fourth-order valence-electron chi connectivity index (χ4n) is 3.97. The second-order valence-electron chi connectivity index (χ2n) is 12.7. The van der Waals surface area contributed by atoms with Crippen LogP contribution in [0.2, 0.25) is 0 Å². The summed E-state index contributed by atoms with van der Waals surface area (Å²) in [6, 6.07) is 0. The zero-order valence-electron chi connectivity index (χ0n) is 29.9. The first-order chi connectivity index (χ1) is 20.1. The van der Waals surface area contributed by atoms with Crippen LogP contribution in [0.25, 0.3) is 0 Å². The topological polar surface area (TPSA) is 149 Å². The van der Waals surface area contributed by atoms with Crippen molar-refractivity contribution in [2.45, 2.75) is 177 Å². The van der Waals surface area contributed by atoms with E-state index in [1.807, 2.05) is 6.92 Å². The van der Waals surface area contributed by atoms with E-state index in [0.717, 1.165) is 82.0 Å². The summed E-state index contributed by atoms with van der Waals surface area (Å²) in [6.45, 7) is 17.2. The molecule has 0 aromatic carbocycles. The van der Waals surface area contributed by atoms with Gasteiger partial charge in [0.2, 0.25) is 0 Å². The molecule has 0 radical (unpaired) electrons. The number of carboxylic acid groups (broad SMARTS) is 4. The van der Waals surface area contributed by atoms with E-state index in [4.69, 9.17) is 20.4 Å². The summed E-state index contributed by atoms with van der Waals surface area (Å²) in [5.41, 5.74) is 0. The monoisotopic (exact) mass is 831 g/mol. The van der Waals surface area contributed by atoms with E-state index in [2.05, 4.69) is 48.5 Å². The van der Waals surface area contributed by atoms with Gasteiger partial charge in [0.15, 0.2) is 0 Å². The van der Waals surface area contributed by atoms with Crippen LogP contribution in [0.15, 0.2) is 0 Å². The second-order valence-corrected chi connectivity index (χ2v) is 12.7. The molecule has 8 nitrogen and oxygen atoms in total. The Labute approximate surface area is 289 Å². The van der Waals surface area contributed by atoms with Gasteiger partial charge in [0.25, 0.3) is 0 Å². The third kappa shape index (κ3) is 60.0. The SMILES string of the molecule is CC(C)CCCCCC(=O)O.CC(C)CCCCCC(=O)O.CC(C)CCCCCC(=O)O.CCCCC(CC)C(=O)O.[BiH3]. The van der Waals surface area contributed by atoms with Gasteiger partial charge < -0.3 is 20.4 Å². The van der Waals surface area contributed by atoms with Crippen LogP contribution >= 0.6 is 0 Å². The number of hydrogen-bond donors (Lipinski definition) is 4. The van der Waals surface area contributed by atoms with Crippen molar-refractivity contribution in [2.75, 3.05) is 0 Å². The summed E-state index contributed by atoms with van der Waals surface area (Å²) in [6.07, 6.45) is 17.6. The molecule has 4 N–H and O–H groups in total. The molecule has 0 amide bonds. The number of unbranched alkanes of at least 4 members (excludes halogenated alkanes) is 7. The Hall–Kier alpha value is -1.24. The van der Waals surface area contributed by atoms with Crippen molar-refractivity contribution in [1.29, 1.82) is 0 Å². The molecule has 1 atom stereocenters. The van der Waals surface area contributed by atoms with Crippen LogP contribution in [0.3, 0.4) is 0 Å². The molecular weight excluding hydrogens is 757 g/mol. The van der Waals surface area contributed by atoms with Crippen LogP contribution in [-0.4, -0.2) is 70.5 Å². The molecule has 0 aliphatic heterocycles. The van der Waals surface area contributed by atoms with Crippen molar-refractivity contribution in [3.05, 3.63) is 0 Å². The van der Waals surface area contributed by atoms with Gasteiger partial charge >= 0.3 is 50.1 Å². The summed E-state index contributed by atoms with van der Waals surface area (Å²) in [4.78, 5) is 40.7. The first-order valence-corrected chi connectivity index (χ1v) is 17.0. The molecular formula is C35H73BiO8. The Morgan fingerprint density at radius 1 is 0.455 bits per heavy atom. The van der Waals surface area contributed by atoms with Crippen molar-refractivity contribution < 1.29 is 39.6 Å². The van der Waals surface area contributed by atoms with Crippen molar-refractivity contribution >= 4 is 50.1 Å². The van der Waals surface area contributed by atoms with E-state index in [1.165, 1.54) is 38.5 Å². The van der Waals surface area contributed by atoms with Gasteiger partial charge in [-0.2, -0.15) is 0 Å². The van der Waals surface area contributed by atoms with Crippen molar-refractivity contribution in [2.24, 2.45) is 23.7 Å². The molecule has 0 bridgehead atoms. The Kier molecular flexibility index (Phi) is 47.3. The molecule has 0 saturated carbocycles. The van der Waals surface area contributed by atoms with Crippen LogP contribution in [0.5, 0.6) is 0 Å². The van der Waals surface area contributed by atoms with Gasteiger partial charge in [-0.3, -0.25) is 19.2 Å². The fraction of sp³-hybridized carbons (Fsp3) is 0.886. The van der Waals surface area contributed by atoms with Gasteiger partial charge in [0.05, 0.1) is 5.92 Å². The van der Waals surface area contributed by atoms with E-state index >= 15 is 0 Å². The summed E-state index contributed by atoms with van der Waals surface area (Å²) in [5, 5.41) is 33.6. The number of rotatable bonds is 23. The molecule has 0 rings (SSSR count). The number of hydrogen-bond acceptors (Lipinski definition) is 4. The zero-order chi connectivity index (χ0) is 34.1. The molecule has 0 saturated heterocycles. The summed E-state index contributed by atoms with van der Waals surface area (Å²) in [7, 11) is 0. The second kappa shape index (κ2) is 39.8.